The Morgan fingerprint density at radius 2 is 1.90 bits per heavy atom. The van der Waals surface area contributed by atoms with Crippen LogP contribution in [0, 0.1) is 6.92 Å². The zero-order valence-electron chi connectivity index (χ0n) is 17.4. The summed E-state index contributed by atoms with van der Waals surface area (Å²) in [6.07, 6.45) is 2.06. The summed E-state index contributed by atoms with van der Waals surface area (Å²) in [5, 5.41) is 4.24. The van der Waals surface area contributed by atoms with Gasteiger partial charge in [-0.3, -0.25) is 4.40 Å². The molecule has 0 amide bonds. The Morgan fingerprint density at radius 3 is 2.55 bits per heavy atom. The van der Waals surface area contributed by atoms with E-state index in [1.54, 1.807) is 18.7 Å². The molecule has 0 aliphatic rings. The lowest BCUT2D eigenvalue weighted by Crippen LogP contribution is -2.07. The van der Waals surface area contributed by atoms with Crippen LogP contribution in [-0.4, -0.2) is 28.2 Å². The monoisotopic (exact) mass is 471 g/mol. The molecule has 0 bridgehead atoms. The molecule has 0 aliphatic carbocycles. The number of nitrogens with one attached hydrogen (secondary N) is 1. The quantitative estimate of drug-likeness (QED) is 0.245. The number of halogens is 1. The first-order valence-corrected chi connectivity index (χ1v) is 12.3. The highest BCUT2D eigenvalue weighted by Gasteiger charge is 2.23. The number of carbonyl (C=O) groups is 1. The number of aryl methyl sites for hydroxylation is 1. The summed E-state index contributed by atoms with van der Waals surface area (Å²) in [6.45, 7) is 4.67. The van der Waals surface area contributed by atoms with E-state index in [0.29, 0.717) is 23.1 Å². The van der Waals surface area contributed by atoms with Gasteiger partial charge in [-0.05, 0) is 49.9 Å². The molecular weight excluding hydrogens is 450 g/mol. The van der Waals surface area contributed by atoms with E-state index in [9.17, 15) is 4.79 Å². The van der Waals surface area contributed by atoms with Crippen LogP contribution >= 0.6 is 34.7 Å². The highest BCUT2D eigenvalue weighted by Crippen LogP contribution is 2.35. The number of carbonyl (C=O) groups excluding carboxylic acids is 1. The van der Waals surface area contributed by atoms with Gasteiger partial charge in [-0.25, -0.2) is 9.78 Å². The van der Waals surface area contributed by atoms with Gasteiger partial charge < -0.3 is 10.1 Å². The van der Waals surface area contributed by atoms with E-state index in [2.05, 4.69) is 35.8 Å². The first-order valence-electron chi connectivity index (χ1n) is 9.83. The molecule has 1 N–H and O–H groups in total. The minimum absolute atomic E-state index is 0.315. The van der Waals surface area contributed by atoms with Gasteiger partial charge in [0, 0.05) is 27.7 Å². The van der Waals surface area contributed by atoms with E-state index in [-0.39, 0.29) is 5.97 Å². The van der Waals surface area contributed by atoms with Crippen LogP contribution in [0.2, 0.25) is 5.02 Å². The number of thioether (sulfide) groups is 1. The molecule has 4 aromatic rings. The lowest BCUT2D eigenvalue weighted by molar-refractivity contribution is 0.0531. The number of ether oxygens (including phenoxy) is 1. The molecule has 0 radical (unpaired) electrons. The summed E-state index contributed by atoms with van der Waals surface area (Å²) in [4.78, 5) is 19.8. The van der Waals surface area contributed by atoms with Crippen molar-refractivity contribution in [1.29, 1.82) is 0 Å². The molecule has 2 heterocycles. The molecule has 4 rings (SSSR count). The van der Waals surface area contributed by atoms with Crippen LogP contribution in [0.1, 0.15) is 27.9 Å². The van der Waals surface area contributed by atoms with Gasteiger partial charge in [-0.1, -0.05) is 47.2 Å². The van der Waals surface area contributed by atoms with Crippen molar-refractivity contribution in [2.75, 3.05) is 18.2 Å². The summed E-state index contributed by atoms with van der Waals surface area (Å²) in [7, 11) is 0. The maximum absolute atomic E-state index is 12.4. The highest BCUT2D eigenvalue weighted by atomic mass is 35.5. The Balaban J connectivity index is 1.78. The van der Waals surface area contributed by atoms with Gasteiger partial charge in [-0.15, -0.1) is 11.8 Å². The van der Waals surface area contributed by atoms with E-state index in [1.165, 1.54) is 16.2 Å². The van der Waals surface area contributed by atoms with Gasteiger partial charge >= 0.3 is 5.97 Å². The molecule has 0 spiro atoms. The van der Waals surface area contributed by atoms with Crippen LogP contribution < -0.4 is 5.32 Å². The topological polar surface area (TPSA) is 55.6 Å². The van der Waals surface area contributed by atoms with E-state index < -0.39 is 0 Å². The predicted molar refractivity (Wildman–Crippen MR) is 130 cm³/mol. The minimum atomic E-state index is -0.315. The lowest BCUT2D eigenvalue weighted by atomic mass is 10.1. The zero-order valence-corrected chi connectivity index (χ0v) is 19.8. The maximum atomic E-state index is 12.4. The van der Waals surface area contributed by atoms with Crippen molar-refractivity contribution in [3.8, 4) is 11.3 Å². The number of thiazole rings is 1. The zero-order chi connectivity index (χ0) is 22.0. The second-order valence-corrected chi connectivity index (χ2v) is 9.17. The second kappa shape index (κ2) is 9.34. The molecule has 0 fully saturated rings. The molecule has 2 aromatic carbocycles. The highest BCUT2D eigenvalue weighted by molar-refractivity contribution is 7.98. The fraction of sp³-hybridized carbons (Fsp3) is 0.217. The SMILES string of the molecule is CCOC(=O)c1sc2nc(-c3ccc(SC)cc3)c(NCc3ccc(Cl)cc3)n2c1C. The Labute approximate surface area is 194 Å². The Hall–Kier alpha value is -2.48. The van der Waals surface area contributed by atoms with E-state index >= 15 is 0 Å². The number of aromatic nitrogens is 2. The van der Waals surface area contributed by atoms with Gasteiger partial charge in [0.15, 0.2) is 4.96 Å². The van der Waals surface area contributed by atoms with Crippen molar-refractivity contribution >= 4 is 51.4 Å². The first-order chi connectivity index (χ1) is 15.0. The summed E-state index contributed by atoms with van der Waals surface area (Å²) in [5.41, 5.74) is 3.79. The van der Waals surface area contributed by atoms with Gasteiger partial charge in [0.25, 0.3) is 0 Å². The van der Waals surface area contributed by atoms with E-state index in [1.807, 2.05) is 35.6 Å². The average molecular weight is 472 g/mol. The Morgan fingerprint density at radius 1 is 1.19 bits per heavy atom. The van der Waals surface area contributed by atoms with Crippen molar-refractivity contribution < 1.29 is 9.53 Å². The molecule has 0 unspecified atom stereocenters. The van der Waals surface area contributed by atoms with Crippen molar-refractivity contribution in [3.05, 3.63) is 69.7 Å². The summed E-state index contributed by atoms with van der Waals surface area (Å²) in [5.74, 6) is 0.538. The standard InChI is InChI=1S/C23H22ClN3O2S2/c1-4-29-22(28)20-14(2)27-21(25-13-15-5-9-17(24)10-6-15)19(26-23(27)31-20)16-7-11-18(30-3)12-8-16/h5-12,25H,4,13H2,1-3H3. The third-order valence-corrected chi connectivity index (χ3v) is 7.02. The van der Waals surface area contributed by atoms with Crippen LogP contribution in [0.15, 0.2) is 53.4 Å². The van der Waals surface area contributed by atoms with Crippen LogP contribution in [-0.2, 0) is 11.3 Å². The normalized spacial score (nSPS) is 11.1. The molecule has 160 valence electrons. The van der Waals surface area contributed by atoms with Crippen molar-refractivity contribution in [2.24, 2.45) is 0 Å². The number of nitrogens with zero attached hydrogens (tertiary/aromatic N) is 2. The Bertz CT molecular complexity index is 1210. The van der Waals surface area contributed by atoms with Crippen LogP contribution in [0.5, 0.6) is 0 Å². The van der Waals surface area contributed by atoms with Gasteiger partial charge in [0.05, 0.1) is 6.61 Å². The molecule has 8 heteroatoms. The number of hydrogen-bond donors (Lipinski definition) is 1. The fourth-order valence-corrected chi connectivity index (χ4v) is 4.89. The summed E-state index contributed by atoms with van der Waals surface area (Å²) in [6, 6.07) is 16.1. The number of hydrogen-bond acceptors (Lipinski definition) is 6. The van der Waals surface area contributed by atoms with Crippen molar-refractivity contribution in [3.63, 3.8) is 0 Å². The molecule has 0 atom stereocenters. The number of esters is 1. The largest absolute Gasteiger partial charge is 0.462 e. The molecule has 0 saturated carbocycles. The van der Waals surface area contributed by atoms with Crippen LogP contribution in [0.4, 0.5) is 5.82 Å². The number of rotatable bonds is 7. The van der Waals surface area contributed by atoms with Gasteiger partial charge in [0.1, 0.15) is 16.4 Å². The second-order valence-electron chi connectivity index (χ2n) is 6.87. The van der Waals surface area contributed by atoms with Crippen molar-refractivity contribution in [1.82, 2.24) is 9.38 Å². The molecule has 0 aliphatic heterocycles. The maximum Gasteiger partial charge on any atom is 0.350 e. The lowest BCUT2D eigenvalue weighted by Gasteiger charge is -2.10. The molecule has 0 saturated heterocycles. The third-order valence-electron chi connectivity index (χ3n) is 4.90. The molecule has 5 nitrogen and oxygen atoms in total. The van der Waals surface area contributed by atoms with Crippen LogP contribution in [0.3, 0.4) is 0 Å². The molecular formula is C23H22ClN3O2S2. The predicted octanol–water partition coefficient (Wildman–Crippen LogP) is 6.54. The van der Waals surface area contributed by atoms with Gasteiger partial charge in [-0.2, -0.15) is 0 Å². The number of fused-ring (bicyclic) bond motifs is 1. The summed E-state index contributed by atoms with van der Waals surface area (Å²) < 4.78 is 7.23. The van der Waals surface area contributed by atoms with E-state index in [0.717, 1.165) is 33.3 Å². The Kier molecular flexibility index (Phi) is 6.55. The average Bonchev–Trinajstić information content (AvgIpc) is 3.30. The minimum Gasteiger partial charge on any atom is -0.462 e. The third kappa shape index (κ3) is 4.44. The molecule has 31 heavy (non-hydrogen) atoms. The number of benzene rings is 2. The summed E-state index contributed by atoms with van der Waals surface area (Å²) >= 11 is 9.07. The fourth-order valence-electron chi connectivity index (χ4n) is 3.33. The smallest absolute Gasteiger partial charge is 0.350 e. The number of anilines is 1. The number of imidazole rings is 1. The van der Waals surface area contributed by atoms with Gasteiger partial charge in [0.2, 0.25) is 0 Å². The molecule has 2 aromatic heterocycles. The van der Waals surface area contributed by atoms with Crippen molar-refractivity contribution in [2.45, 2.75) is 25.3 Å². The first kappa shape index (κ1) is 21.7. The van der Waals surface area contributed by atoms with Crippen LogP contribution in [0.25, 0.3) is 16.2 Å². The van der Waals surface area contributed by atoms with E-state index in [4.69, 9.17) is 21.3 Å².